The molecule has 0 unspecified atom stereocenters. The first-order valence-electron chi connectivity index (χ1n) is 8.88. The number of nitrogens with zero attached hydrogens (tertiary/aromatic N) is 3. The second-order valence-corrected chi connectivity index (χ2v) is 6.61. The van der Waals surface area contributed by atoms with Crippen LogP contribution in [0.4, 0.5) is 5.69 Å². The zero-order valence-corrected chi connectivity index (χ0v) is 16.3. The van der Waals surface area contributed by atoms with Gasteiger partial charge in [-0.2, -0.15) is 0 Å². The van der Waals surface area contributed by atoms with Gasteiger partial charge in [-0.05, 0) is 30.3 Å². The highest BCUT2D eigenvalue weighted by molar-refractivity contribution is 6.30. The Morgan fingerprint density at radius 3 is 2.52 bits per heavy atom. The lowest BCUT2D eigenvalue weighted by Gasteiger charge is -2.08. The minimum Gasteiger partial charge on any atom is -0.495 e. The summed E-state index contributed by atoms with van der Waals surface area (Å²) in [6, 6.07) is 23.9. The van der Waals surface area contributed by atoms with Gasteiger partial charge < -0.3 is 10.1 Å². The van der Waals surface area contributed by atoms with Crippen LogP contribution in [0.5, 0.6) is 5.75 Å². The van der Waals surface area contributed by atoms with Gasteiger partial charge in [0.05, 0.1) is 18.5 Å². The number of hydrogen-bond acceptors (Lipinski definition) is 4. The molecule has 0 bridgehead atoms. The van der Waals surface area contributed by atoms with Crippen molar-refractivity contribution in [2.45, 2.75) is 0 Å². The van der Waals surface area contributed by atoms with Crippen LogP contribution in [-0.4, -0.2) is 27.8 Å². The summed E-state index contributed by atoms with van der Waals surface area (Å²) in [6.07, 6.45) is 0. The predicted octanol–water partition coefficient (Wildman–Crippen LogP) is 4.85. The smallest absolute Gasteiger partial charge is 0.295 e. The summed E-state index contributed by atoms with van der Waals surface area (Å²) in [5, 5.41) is 7.81. The number of anilines is 1. The molecule has 0 radical (unpaired) electrons. The Hall–Kier alpha value is -3.64. The largest absolute Gasteiger partial charge is 0.495 e. The molecule has 0 saturated heterocycles. The standard InChI is InChI=1S/C22H17ClN4O2/c1-29-19-13-6-5-12-18(19)24-22(28)20-25-21(15-8-3-2-4-9-15)27(26-20)17-11-7-10-16(23)14-17/h2-14H,1H3,(H,24,28). The third-order valence-electron chi connectivity index (χ3n) is 4.25. The van der Waals surface area contributed by atoms with Gasteiger partial charge in [0.1, 0.15) is 5.75 Å². The molecular formula is C22H17ClN4O2. The lowest BCUT2D eigenvalue weighted by Crippen LogP contribution is -2.15. The molecule has 1 amide bonds. The van der Waals surface area contributed by atoms with E-state index in [9.17, 15) is 4.79 Å². The maximum atomic E-state index is 12.8. The van der Waals surface area contributed by atoms with Crippen LogP contribution in [-0.2, 0) is 0 Å². The number of ether oxygens (including phenoxy) is 1. The zero-order valence-electron chi connectivity index (χ0n) is 15.5. The lowest BCUT2D eigenvalue weighted by atomic mass is 10.2. The van der Waals surface area contributed by atoms with Gasteiger partial charge in [0.2, 0.25) is 5.82 Å². The quantitative estimate of drug-likeness (QED) is 0.516. The first-order chi connectivity index (χ1) is 14.2. The molecule has 4 aromatic rings. The van der Waals surface area contributed by atoms with E-state index in [1.54, 1.807) is 36.1 Å². The summed E-state index contributed by atoms with van der Waals surface area (Å²) in [4.78, 5) is 17.3. The van der Waals surface area contributed by atoms with E-state index in [2.05, 4.69) is 15.4 Å². The molecule has 29 heavy (non-hydrogen) atoms. The number of rotatable bonds is 5. The Labute approximate surface area is 172 Å². The fraction of sp³-hybridized carbons (Fsp3) is 0.0455. The zero-order chi connectivity index (χ0) is 20.2. The molecule has 0 saturated carbocycles. The van der Waals surface area contributed by atoms with Crippen molar-refractivity contribution < 1.29 is 9.53 Å². The molecule has 0 aliphatic rings. The number of amides is 1. The average molecular weight is 405 g/mol. The number of nitrogens with one attached hydrogen (secondary N) is 1. The molecule has 0 aliphatic heterocycles. The third-order valence-corrected chi connectivity index (χ3v) is 4.49. The van der Waals surface area contributed by atoms with E-state index in [0.717, 1.165) is 5.56 Å². The van der Waals surface area contributed by atoms with Crippen molar-refractivity contribution >= 4 is 23.2 Å². The number of methoxy groups -OCH3 is 1. The van der Waals surface area contributed by atoms with Gasteiger partial charge in [-0.1, -0.05) is 60.1 Å². The Kier molecular flexibility index (Phi) is 5.27. The van der Waals surface area contributed by atoms with Crippen LogP contribution in [0.15, 0.2) is 78.9 Å². The molecule has 3 aromatic carbocycles. The van der Waals surface area contributed by atoms with E-state index in [-0.39, 0.29) is 5.82 Å². The van der Waals surface area contributed by atoms with Crippen molar-refractivity contribution in [2.75, 3.05) is 12.4 Å². The van der Waals surface area contributed by atoms with Crippen LogP contribution < -0.4 is 10.1 Å². The SMILES string of the molecule is COc1ccccc1NC(=O)c1nc(-c2ccccc2)n(-c2cccc(Cl)c2)n1. The topological polar surface area (TPSA) is 69.0 Å². The molecule has 1 N–H and O–H groups in total. The minimum atomic E-state index is -0.438. The van der Waals surface area contributed by atoms with Crippen LogP contribution in [0.2, 0.25) is 5.02 Å². The number of carbonyl (C=O) groups is 1. The van der Waals surface area contributed by atoms with E-state index in [1.807, 2.05) is 54.6 Å². The van der Waals surface area contributed by atoms with Crippen LogP contribution >= 0.6 is 11.6 Å². The number of carbonyl (C=O) groups excluding carboxylic acids is 1. The van der Waals surface area contributed by atoms with Gasteiger partial charge in [0.15, 0.2) is 5.82 Å². The Bertz CT molecular complexity index is 1160. The first kappa shape index (κ1) is 18.7. The van der Waals surface area contributed by atoms with E-state index >= 15 is 0 Å². The van der Waals surface area contributed by atoms with Gasteiger partial charge >= 0.3 is 0 Å². The highest BCUT2D eigenvalue weighted by Gasteiger charge is 2.20. The Balaban J connectivity index is 1.76. The van der Waals surface area contributed by atoms with Crippen molar-refractivity contribution in [3.63, 3.8) is 0 Å². The molecule has 1 heterocycles. The van der Waals surface area contributed by atoms with Crippen LogP contribution in [0.25, 0.3) is 17.1 Å². The van der Waals surface area contributed by atoms with E-state index in [1.165, 1.54) is 0 Å². The maximum absolute atomic E-state index is 12.8. The predicted molar refractivity (Wildman–Crippen MR) is 113 cm³/mol. The highest BCUT2D eigenvalue weighted by atomic mass is 35.5. The second-order valence-electron chi connectivity index (χ2n) is 6.17. The van der Waals surface area contributed by atoms with Crippen LogP contribution in [0.3, 0.4) is 0 Å². The number of benzene rings is 3. The lowest BCUT2D eigenvalue weighted by molar-refractivity contribution is 0.101. The van der Waals surface area contributed by atoms with E-state index in [0.29, 0.717) is 28.0 Å². The molecule has 0 fully saturated rings. The van der Waals surface area contributed by atoms with E-state index < -0.39 is 5.91 Å². The summed E-state index contributed by atoms with van der Waals surface area (Å²) < 4.78 is 6.90. The normalized spacial score (nSPS) is 10.6. The maximum Gasteiger partial charge on any atom is 0.295 e. The molecule has 0 atom stereocenters. The van der Waals surface area contributed by atoms with E-state index in [4.69, 9.17) is 16.3 Å². The van der Waals surface area contributed by atoms with Crippen LogP contribution in [0.1, 0.15) is 10.6 Å². The summed E-state index contributed by atoms with van der Waals surface area (Å²) in [6.45, 7) is 0. The van der Waals surface area contributed by atoms with Gasteiger partial charge in [-0.25, -0.2) is 9.67 Å². The van der Waals surface area contributed by atoms with Crippen molar-refractivity contribution in [2.24, 2.45) is 0 Å². The average Bonchev–Trinajstić information content (AvgIpc) is 3.20. The molecular weight excluding hydrogens is 388 g/mol. The third kappa shape index (κ3) is 3.97. The minimum absolute atomic E-state index is 0.0368. The van der Waals surface area contributed by atoms with Gasteiger partial charge in [-0.15, -0.1) is 5.10 Å². The number of hydrogen-bond donors (Lipinski definition) is 1. The van der Waals surface area contributed by atoms with Gasteiger partial charge in [0, 0.05) is 10.6 Å². The Morgan fingerprint density at radius 2 is 1.76 bits per heavy atom. The van der Waals surface area contributed by atoms with Crippen LogP contribution in [0, 0.1) is 0 Å². The molecule has 6 nitrogen and oxygen atoms in total. The van der Waals surface area contributed by atoms with Crippen molar-refractivity contribution in [1.82, 2.24) is 14.8 Å². The molecule has 7 heteroatoms. The van der Waals surface area contributed by atoms with Crippen molar-refractivity contribution in [3.8, 4) is 22.8 Å². The van der Waals surface area contributed by atoms with Gasteiger partial charge in [-0.3, -0.25) is 4.79 Å². The Morgan fingerprint density at radius 1 is 1.00 bits per heavy atom. The molecule has 0 spiro atoms. The summed E-state index contributed by atoms with van der Waals surface area (Å²) in [5.74, 6) is 0.693. The fourth-order valence-corrected chi connectivity index (χ4v) is 3.08. The molecule has 1 aromatic heterocycles. The summed E-state index contributed by atoms with van der Waals surface area (Å²) in [7, 11) is 1.55. The van der Waals surface area contributed by atoms with Crippen molar-refractivity contribution in [1.29, 1.82) is 0 Å². The van der Waals surface area contributed by atoms with Crippen molar-refractivity contribution in [3.05, 3.63) is 89.7 Å². The first-order valence-corrected chi connectivity index (χ1v) is 9.26. The fourth-order valence-electron chi connectivity index (χ4n) is 2.90. The molecule has 4 rings (SSSR count). The monoisotopic (exact) mass is 404 g/mol. The molecule has 0 aliphatic carbocycles. The highest BCUT2D eigenvalue weighted by Crippen LogP contribution is 2.25. The number of para-hydroxylation sites is 2. The van der Waals surface area contributed by atoms with Gasteiger partial charge in [0.25, 0.3) is 5.91 Å². The summed E-state index contributed by atoms with van der Waals surface area (Å²) >= 11 is 6.15. The number of aromatic nitrogens is 3. The second kappa shape index (κ2) is 8.16. The summed E-state index contributed by atoms with van der Waals surface area (Å²) in [5.41, 5.74) is 2.08. The number of halogens is 1. The molecule has 144 valence electrons.